The van der Waals surface area contributed by atoms with E-state index in [-0.39, 0.29) is 0 Å². The molecule has 0 radical (unpaired) electrons. The van der Waals surface area contributed by atoms with Gasteiger partial charge in [-0.1, -0.05) is 45.6 Å². The van der Waals surface area contributed by atoms with Crippen molar-refractivity contribution in [3.8, 4) is 0 Å². The normalized spacial score (nSPS) is 15.3. The maximum Gasteiger partial charge on any atom is 0.00367 e. The van der Waals surface area contributed by atoms with Crippen LogP contribution >= 0.6 is 0 Å². The minimum Gasteiger partial charge on any atom is -0.319 e. The summed E-state index contributed by atoms with van der Waals surface area (Å²) < 4.78 is 0. The summed E-state index contributed by atoms with van der Waals surface area (Å²) in [5.41, 5.74) is 0.294. The Morgan fingerprint density at radius 3 is 2.46 bits per heavy atom. The number of hydrogen-bond acceptors (Lipinski definition) is 1. The second kappa shape index (κ2) is 7.14. The van der Waals surface area contributed by atoms with E-state index in [9.17, 15) is 0 Å². The van der Waals surface area contributed by atoms with Crippen LogP contribution in [0.5, 0.6) is 0 Å². The number of nitrogens with one attached hydrogen (secondary N) is 1. The van der Waals surface area contributed by atoms with Gasteiger partial charge in [0.2, 0.25) is 0 Å². The van der Waals surface area contributed by atoms with E-state index < -0.39 is 0 Å². The Labute approximate surface area is 83.6 Å². The minimum absolute atomic E-state index is 0.294. The van der Waals surface area contributed by atoms with Gasteiger partial charge in [-0.3, -0.25) is 0 Å². The lowest BCUT2D eigenvalue weighted by atomic mass is 9.84. The summed E-state index contributed by atoms with van der Waals surface area (Å²) in [6, 6.07) is 0. The molecule has 0 aromatic rings. The van der Waals surface area contributed by atoms with Gasteiger partial charge in [-0.2, -0.15) is 0 Å². The molecule has 0 aliphatic rings. The van der Waals surface area contributed by atoms with E-state index >= 15 is 0 Å². The van der Waals surface area contributed by atoms with Crippen molar-refractivity contribution in [2.24, 2.45) is 5.41 Å². The molecule has 0 aromatic heterocycles. The zero-order chi connectivity index (χ0) is 10.2. The highest BCUT2D eigenvalue weighted by Gasteiger charge is 2.17. The smallest absolute Gasteiger partial charge is 0.00367 e. The molecule has 1 N–H and O–H groups in total. The topological polar surface area (TPSA) is 12.0 Å². The fourth-order valence-electron chi connectivity index (χ4n) is 1.62. The first kappa shape index (κ1) is 12.7. The van der Waals surface area contributed by atoms with Gasteiger partial charge in [0.15, 0.2) is 0 Å². The van der Waals surface area contributed by atoms with E-state index in [2.05, 4.69) is 31.8 Å². The van der Waals surface area contributed by atoms with Crippen molar-refractivity contribution >= 4 is 0 Å². The van der Waals surface area contributed by atoms with E-state index in [1.165, 1.54) is 32.1 Å². The molecule has 0 rings (SSSR count). The molecule has 0 bridgehead atoms. The molecule has 13 heavy (non-hydrogen) atoms. The highest BCUT2D eigenvalue weighted by molar-refractivity contribution is 4.92. The van der Waals surface area contributed by atoms with Gasteiger partial charge in [0, 0.05) is 6.54 Å². The van der Waals surface area contributed by atoms with E-state index in [0.29, 0.717) is 5.41 Å². The third kappa shape index (κ3) is 5.87. The van der Waals surface area contributed by atoms with Crippen LogP contribution < -0.4 is 5.32 Å². The van der Waals surface area contributed by atoms with Gasteiger partial charge in [-0.05, 0) is 18.9 Å². The molecule has 0 saturated heterocycles. The number of hydrogen-bond donors (Lipinski definition) is 1. The fraction of sp³-hybridized carbons (Fsp3) is 0.833. The van der Waals surface area contributed by atoms with Crippen LogP contribution in [0.2, 0.25) is 0 Å². The molecule has 0 saturated carbocycles. The highest BCUT2D eigenvalue weighted by atomic mass is 14.8. The molecule has 1 heteroatoms. The molecule has 1 nitrogen and oxygen atoms in total. The maximum absolute atomic E-state index is 3.91. The van der Waals surface area contributed by atoms with E-state index in [1.54, 1.807) is 0 Å². The molecular weight excluding hydrogens is 158 g/mol. The molecular formula is C12H25N. The Hall–Kier alpha value is -0.300. The zero-order valence-electron chi connectivity index (χ0n) is 9.53. The van der Waals surface area contributed by atoms with Crippen LogP contribution in [0.3, 0.4) is 0 Å². The second-order valence-corrected chi connectivity index (χ2v) is 4.20. The monoisotopic (exact) mass is 183 g/mol. The van der Waals surface area contributed by atoms with Crippen molar-refractivity contribution in [2.75, 3.05) is 13.6 Å². The van der Waals surface area contributed by atoms with Crippen LogP contribution in [-0.4, -0.2) is 13.6 Å². The summed E-state index contributed by atoms with van der Waals surface area (Å²) in [5, 5.41) is 3.23. The lowest BCUT2D eigenvalue weighted by Crippen LogP contribution is -2.27. The Morgan fingerprint density at radius 2 is 2.00 bits per heavy atom. The van der Waals surface area contributed by atoms with Crippen LogP contribution in [-0.2, 0) is 0 Å². The molecule has 1 atom stereocenters. The number of rotatable bonds is 8. The minimum atomic E-state index is 0.294. The molecule has 0 amide bonds. The lowest BCUT2D eigenvalue weighted by Gasteiger charge is -2.25. The predicted octanol–water partition coefficient (Wildman–Crippen LogP) is 3.37. The molecule has 0 heterocycles. The Kier molecular flexibility index (Phi) is 6.97. The van der Waals surface area contributed by atoms with Crippen LogP contribution in [0.25, 0.3) is 0 Å². The molecule has 0 aliphatic heterocycles. The molecule has 78 valence electrons. The summed E-state index contributed by atoms with van der Waals surface area (Å²) in [7, 11) is 2.01. The maximum atomic E-state index is 3.91. The van der Waals surface area contributed by atoms with Gasteiger partial charge in [-0.15, -0.1) is 6.58 Å². The molecule has 1 unspecified atom stereocenters. The average molecular weight is 183 g/mol. The van der Waals surface area contributed by atoms with Crippen LogP contribution in [0.1, 0.15) is 46.0 Å². The van der Waals surface area contributed by atoms with Gasteiger partial charge >= 0.3 is 0 Å². The number of unbranched alkanes of at least 4 members (excludes halogenated alkanes) is 3. The quantitative estimate of drug-likeness (QED) is 0.449. The summed E-state index contributed by atoms with van der Waals surface area (Å²) >= 11 is 0. The third-order valence-corrected chi connectivity index (χ3v) is 2.67. The molecule has 0 spiro atoms. The largest absolute Gasteiger partial charge is 0.319 e. The van der Waals surface area contributed by atoms with Crippen molar-refractivity contribution in [1.82, 2.24) is 5.32 Å². The van der Waals surface area contributed by atoms with Crippen molar-refractivity contribution < 1.29 is 0 Å². The SMILES string of the molecule is C=CC(C)(CCCCCC)CNC. The first-order chi connectivity index (χ1) is 6.18. The van der Waals surface area contributed by atoms with Gasteiger partial charge in [0.05, 0.1) is 0 Å². The van der Waals surface area contributed by atoms with E-state index in [1.807, 2.05) is 7.05 Å². The van der Waals surface area contributed by atoms with Gasteiger partial charge in [0.25, 0.3) is 0 Å². The van der Waals surface area contributed by atoms with Crippen molar-refractivity contribution in [3.05, 3.63) is 12.7 Å². The molecule has 0 aliphatic carbocycles. The van der Waals surface area contributed by atoms with Crippen molar-refractivity contribution in [3.63, 3.8) is 0 Å². The van der Waals surface area contributed by atoms with Gasteiger partial charge in [-0.25, -0.2) is 0 Å². The lowest BCUT2D eigenvalue weighted by molar-refractivity contribution is 0.359. The van der Waals surface area contributed by atoms with Crippen LogP contribution in [0, 0.1) is 5.41 Å². The van der Waals surface area contributed by atoms with E-state index in [0.717, 1.165) is 6.54 Å². The van der Waals surface area contributed by atoms with Gasteiger partial charge < -0.3 is 5.32 Å². The van der Waals surface area contributed by atoms with E-state index in [4.69, 9.17) is 0 Å². The Bertz CT molecular complexity index is 131. The average Bonchev–Trinajstić information content (AvgIpc) is 2.13. The third-order valence-electron chi connectivity index (χ3n) is 2.67. The second-order valence-electron chi connectivity index (χ2n) is 4.20. The Balaban J connectivity index is 3.63. The van der Waals surface area contributed by atoms with Crippen molar-refractivity contribution in [1.29, 1.82) is 0 Å². The zero-order valence-corrected chi connectivity index (χ0v) is 9.53. The summed E-state index contributed by atoms with van der Waals surface area (Å²) in [4.78, 5) is 0. The summed E-state index contributed by atoms with van der Waals surface area (Å²) in [6.45, 7) is 9.49. The predicted molar refractivity (Wildman–Crippen MR) is 61.0 cm³/mol. The van der Waals surface area contributed by atoms with Gasteiger partial charge in [0.1, 0.15) is 0 Å². The Morgan fingerprint density at radius 1 is 1.31 bits per heavy atom. The standard InChI is InChI=1S/C12H25N/c1-5-7-8-9-10-12(3,6-2)11-13-4/h6,13H,2,5,7-11H2,1,3-4H3. The first-order valence-corrected chi connectivity index (χ1v) is 5.46. The fourth-order valence-corrected chi connectivity index (χ4v) is 1.62. The van der Waals surface area contributed by atoms with Crippen molar-refractivity contribution in [2.45, 2.75) is 46.0 Å². The summed E-state index contributed by atoms with van der Waals surface area (Å²) in [5.74, 6) is 0. The molecule has 0 aromatic carbocycles. The molecule has 0 fully saturated rings. The van der Waals surface area contributed by atoms with Crippen LogP contribution in [0.4, 0.5) is 0 Å². The summed E-state index contributed by atoms with van der Waals surface area (Å²) in [6.07, 6.45) is 8.73. The highest BCUT2D eigenvalue weighted by Crippen LogP contribution is 2.24. The first-order valence-electron chi connectivity index (χ1n) is 5.46. The van der Waals surface area contributed by atoms with Crippen LogP contribution in [0.15, 0.2) is 12.7 Å².